The monoisotopic (exact) mass is 260 g/mol. The van der Waals surface area contributed by atoms with Gasteiger partial charge >= 0.3 is 18.0 Å². The molecule has 0 aromatic rings. The largest absolute Gasteiger partial charge is 0.481 e. The summed E-state index contributed by atoms with van der Waals surface area (Å²) in [7, 11) is 1.25. The summed E-state index contributed by atoms with van der Waals surface area (Å²) in [5, 5.41) is 11.1. The molecule has 0 aromatic carbocycles. The Bertz CT molecular complexity index is 306. The number of ether oxygens (including phenoxy) is 1. The fourth-order valence-corrected chi connectivity index (χ4v) is 1.26. The SMILES string of the molecule is CCN(CC(=O)OC)C(=O)NC(C)CCC(=O)O. The lowest BCUT2D eigenvalue weighted by Gasteiger charge is -2.22. The third-order valence-corrected chi connectivity index (χ3v) is 2.38. The van der Waals surface area contributed by atoms with Gasteiger partial charge in [0.15, 0.2) is 0 Å². The Morgan fingerprint density at radius 3 is 2.44 bits per heavy atom. The van der Waals surface area contributed by atoms with Gasteiger partial charge in [0, 0.05) is 19.0 Å². The van der Waals surface area contributed by atoms with Crippen LogP contribution in [0.2, 0.25) is 0 Å². The predicted octanol–water partition coefficient (Wildman–Crippen LogP) is 0.444. The van der Waals surface area contributed by atoms with Crippen LogP contribution in [0, 0.1) is 0 Å². The van der Waals surface area contributed by atoms with Crippen molar-refractivity contribution in [2.24, 2.45) is 0 Å². The van der Waals surface area contributed by atoms with E-state index in [1.807, 2.05) is 0 Å². The van der Waals surface area contributed by atoms with Crippen molar-refractivity contribution in [2.45, 2.75) is 32.7 Å². The second-order valence-corrected chi connectivity index (χ2v) is 3.87. The molecule has 2 N–H and O–H groups in total. The van der Waals surface area contributed by atoms with E-state index in [1.54, 1.807) is 13.8 Å². The van der Waals surface area contributed by atoms with E-state index in [4.69, 9.17) is 5.11 Å². The van der Waals surface area contributed by atoms with E-state index in [0.717, 1.165) is 0 Å². The zero-order chi connectivity index (χ0) is 14.1. The molecule has 0 rings (SSSR count). The Labute approximate surface area is 106 Å². The minimum atomic E-state index is -0.905. The minimum absolute atomic E-state index is 0.00935. The molecule has 0 aliphatic rings. The van der Waals surface area contributed by atoms with E-state index in [1.165, 1.54) is 12.0 Å². The Kier molecular flexibility index (Phi) is 7.50. The van der Waals surface area contributed by atoms with Gasteiger partial charge in [0.25, 0.3) is 0 Å². The van der Waals surface area contributed by atoms with E-state index < -0.39 is 18.0 Å². The van der Waals surface area contributed by atoms with E-state index in [-0.39, 0.29) is 19.0 Å². The molecule has 2 amide bonds. The zero-order valence-electron chi connectivity index (χ0n) is 10.9. The molecule has 0 aliphatic carbocycles. The lowest BCUT2D eigenvalue weighted by atomic mass is 10.2. The quantitative estimate of drug-likeness (QED) is 0.648. The van der Waals surface area contributed by atoms with Crippen LogP contribution in [0.15, 0.2) is 0 Å². The second-order valence-electron chi connectivity index (χ2n) is 3.87. The highest BCUT2D eigenvalue weighted by Crippen LogP contribution is 1.99. The average Bonchev–Trinajstić information content (AvgIpc) is 2.32. The minimum Gasteiger partial charge on any atom is -0.481 e. The molecule has 0 heterocycles. The summed E-state index contributed by atoms with van der Waals surface area (Å²) >= 11 is 0. The Morgan fingerprint density at radius 1 is 1.39 bits per heavy atom. The number of aliphatic carboxylic acids is 1. The molecule has 0 spiro atoms. The number of carbonyl (C=O) groups is 3. The lowest BCUT2D eigenvalue weighted by Crippen LogP contribution is -2.46. The first-order valence-corrected chi connectivity index (χ1v) is 5.74. The van der Waals surface area contributed by atoms with Gasteiger partial charge in [-0.05, 0) is 20.3 Å². The summed E-state index contributed by atoms with van der Waals surface area (Å²) in [4.78, 5) is 34.5. The zero-order valence-corrected chi connectivity index (χ0v) is 10.9. The van der Waals surface area contributed by atoms with Gasteiger partial charge in [0.1, 0.15) is 6.54 Å². The van der Waals surface area contributed by atoms with Gasteiger partial charge in [-0.2, -0.15) is 0 Å². The molecule has 0 radical (unpaired) electrons. The number of carboxylic acid groups (broad SMARTS) is 1. The third-order valence-electron chi connectivity index (χ3n) is 2.38. The van der Waals surface area contributed by atoms with Crippen molar-refractivity contribution in [3.05, 3.63) is 0 Å². The number of carboxylic acids is 1. The summed E-state index contributed by atoms with van der Waals surface area (Å²) in [5.41, 5.74) is 0. The summed E-state index contributed by atoms with van der Waals surface area (Å²) in [6.07, 6.45) is 0.335. The van der Waals surface area contributed by atoms with E-state index in [0.29, 0.717) is 13.0 Å². The molecule has 0 aliphatic heterocycles. The molecule has 104 valence electrons. The van der Waals surface area contributed by atoms with Crippen molar-refractivity contribution in [3.63, 3.8) is 0 Å². The normalized spacial score (nSPS) is 11.5. The van der Waals surface area contributed by atoms with Gasteiger partial charge in [-0.3, -0.25) is 9.59 Å². The topological polar surface area (TPSA) is 95.9 Å². The van der Waals surface area contributed by atoms with Crippen LogP contribution in [-0.4, -0.2) is 54.2 Å². The van der Waals surface area contributed by atoms with E-state index in [9.17, 15) is 14.4 Å². The van der Waals surface area contributed by atoms with E-state index in [2.05, 4.69) is 10.1 Å². The maximum absolute atomic E-state index is 11.7. The molecule has 1 unspecified atom stereocenters. The van der Waals surface area contributed by atoms with Gasteiger partial charge in [0.2, 0.25) is 0 Å². The number of esters is 1. The number of nitrogens with one attached hydrogen (secondary N) is 1. The fraction of sp³-hybridized carbons (Fsp3) is 0.727. The van der Waals surface area contributed by atoms with Crippen LogP contribution >= 0.6 is 0 Å². The fourth-order valence-electron chi connectivity index (χ4n) is 1.26. The number of hydrogen-bond acceptors (Lipinski definition) is 4. The lowest BCUT2D eigenvalue weighted by molar-refractivity contribution is -0.141. The van der Waals surface area contributed by atoms with Crippen molar-refractivity contribution in [1.29, 1.82) is 0 Å². The van der Waals surface area contributed by atoms with Gasteiger partial charge in [-0.1, -0.05) is 0 Å². The maximum Gasteiger partial charge on any atom is 0.325 e. The van der Waals surface area contributed by atoms with Crippen LogP contribution in [0.5, 0.6) is 0 Å². The Morgan fingerprint density at radius 2 is 2.00 bits per heavy atom. The van der Waals surface area contributed by atoms with Crippen LogP contribution in [0.1, 0.15) is 26.7 Å². The number of hydrogen-bond donors (Lipinski definition) is 2. The highest BCUT2D eigenvalue weighted by molar-refractivity contribution is 5.81. The molecular formula is C11H20N2O5. The molecule has 7 heteroatoms. The summed E-state index contributed by atoms with van der Waals surface area (Å²) in [6, 6.07) is -0.666. The molecular weight excluding hydrogens is 240 g/mol. The highest BCUT2D eigenvalue weighted by atomic mass is 16.5. The molecule has 18 heavy (non-hydrogen) atoms. The van der Waals surface area contributed by atoms with Crippen LogP contribution in [0.25, 0.3) is 0 Å². The molecule has 0 bridgehead atoms. The summed E-state index contributed by atoms with van der Waals surface area (Å²) in [6.45, 7) is 3.70. The standard InChI is InChI=1S/C11H20N2O5/c1-4-13(7-10(16)18-3)11(17)12-8(2)5-6-9(14)15/h8H,4-7H2,1-3H3,(H,12,17)(H,14,15). The molecule has 0 fully saturated rings. The number of amides is 2. The van der Waals surface area contributed by atoms with Crippen molar-refractivity contribution in [1.82, 2.24) is 10.2 Å². The van der Waals surface area contributed by atoms with Crippen molar-refractivity contribution in [3.8, 4) is 0 Å². The van der Waals surface area contributed by atoms with Gasteiger partial charge in [0.05, 0.1) is 7.11 Å². The molecule has 0 aromatic heterocycles. The number of nitrogens with zero attached hydrogens (tertiary/aromatic N) is 1. The first kappa shape index (κ1) is 16.2. The first-order valence-electron chi connectivity index (χ1n) is 5.74. The van der Waals surface area contributed by atoms with Gasteiger partial charge in [-0.25, -0.2) is 4.79 Å². The molecule has 7 nitrogen and oxygen atoms in total. The van der Waals surface area contributed by atoms with Gasteiger partial charge in [-0.15, -0.1) is 0 Å². The average molecular weight is 260 g/mol. The third kappa shape index (κ3) is 6.72. The van der Waals surface area contributed by atoms with Crippen LogP contribution in [-0.2, 0) is 14.3 Å². The smallest absolute Gasteiger partial charge is 0.325 e. The number of methoxy groups -OCH3 is 1. The highest BCUT2D eigenvalue weighted by Gasteiger charge is 2.17. The summed E-state index contributed by atoms with van der Waals surface area (Å²) < 4.78 is 4.48. The van der Waals surface area contributed by atoms with E-state index >= 15 is 0 Å². The second kappa shape index (κ2) is 8.32. The van der Waals surface area contributed by atoms with Crippen molar-refractivity contribution < 1.29 is 24.2 Å². The van der Waals surface area contributed by atoms with Crippen molar-refractivity contribution in [2.75, 3.05) is 20.2 Å². The number of likely N-dealkylation sites (N-methyl/N-ethyl adjacent to an activating group) is 1. The Hall–Kier alpha value is -1.79. The molecule has 0 saturated carbocycles. The van der Waals surface area contributed by atoms with Crippen LogP contribution in [0.3, 0.4) is 0 Å². The van der Waals surface area contributed by atoms with Crippen LogP contribution in [0.4, 0.5) is 4.79 Å². The number of urea groups is 1. The Balaban J connectivity index is 4.17. The molecule has 0 saturated heterocycles. The summed E-state index contributed by atoms with van der Waals surface area (Å²) in [5.74, 6) is -1.40. The van der Waals surface area contributed by atoms with Crippen LogP contribution < -0.4 is 5.32 Å². The molecule has 1 atom stereocenters. The predicted molar refractivity (Wildman–Crippen MR) is 64.1 cm³/mol. The van der Waals surface area contributed by atoms with Crippen molar-refractivity contribution >= 4 is 18.0 Å². The van der Waals surface area contributed by atoms with Gasteiger partial charge < -0.3 is 20.1 Å². The maximum atomic E-state index is 11.7. The number of rotatable bonds is 7. The first-order chi connectivity index (χ1) is 8.40. The number of carbonyl (C=O) groups excluding carboxylic acids is 2.